The maximum absolute atomic E-state index is 5.68. The van der Waals surface area contributed by atoms with Crippen LogP contribution in [0.4, 0.5) is 0 Å². The van der Waals surface area contributed by atoms with Crippen molar-refractivity contribution in [2.45, 2.75) is 128 Å². The molecule has 0 aromatic carbocycles. The van der Waals surface area contributed by atoms with Gasteiger partial charge in [0.05, 0.1) is 0 Å². The van der Waals surface area contributed by atoms with Gasteiger partial charge in [-0.15, -0.1) is 0 Å². The van der Waals surface area contributed by atoms with Crippen molar-refractivity contribution in [2.75, 3.05) is 0 Å². The largest absolute Gasteiger partial charge is 0.277 e. The van der Waals surface area contributed by atoms with Crippen LogP contribution >= 0.6 is 11.9 Å². The molecule has 2 N–H and O–H groups in total. The van der Waals surface area contributed by atoms with E-state index in [4.69, 9.17) is 5.14 Å². The summed E-state index contributed by atoms with van der Waals surface area (Å²) in [6, 6.07) is 0. The maximum Gasteiger partial charge on any atom is 0.0246 e. The van der Waals surface area contributed by atoms with Crippen molar-refractivity contribution in [1.29, 1.82) is 0 Å². The second-order valence-electron chi connectivity index (χ2n) is 7.58. The normalized spacial score (nSPS) is 12.0. The second kappa shape index (κ2) is 16.2. The third-order valence-corrected chi connectivity index (χ3v) is 5.54. The summed E-state index contributed by atoms with van der Waals surface area (Å²) < 4.78 is 0.274. The minimum absolute atomic E-state index is 0.274. The minimum atomic E-state index is 0.274. The van der Waals surface area contributed by atoms with Gasteiger partial charge >= 0.3 is 0 Å². The Morgan fingerprint density at radius 3 is 1.23 bits per heavy atom. The Kier molecular flexibility index (Phi) is 16.4. The first-order valence-electron chi connectivity index (χ1n) is 10.0. The smallest absolute Gasteiger partial charge is 0.0246 e. The predicted octanol–water partition coefficient (Wildman–Crippen LogP) is 7.63. The molecule has 2 heteroatoms. The van der Waals surface area contributed by atoms with E-state index in [9.17, 15) is 0 Å². The Labute approximate surface area is 145 Å². The van der Waals surface area contributed by atoms with Crippen LogP contribution in [0.1, 0.15) is 124 Å². The number of hydrogen-bond donors (Lipinski definition) is 1. The first-order valence-corrected chi connectivity index (χ1v) is 10.9. The summed E-state index contributed by atoms with van der Waals surface area (Å²) in [5.41, 5.74) is 0. The fraction of sp³-hybridized carbons (Fsp3) is 1.00. The summed E-state index contributed by atoms with van der Waals surface area (Å²) in [6.45, 7) is 6.79. The highest BCUT2D eigenvalue weighted by molar-refractivity contribution is 7.98. The van der Waals surface area contributed by atoms with Crippen molar-refractivity contribution < 1.29 is 0 Å². The molecule has 0 aliphatic rings. The van der Waals surface area contributed by atoms with E-state index in [1.807, 2.05) is 0 Å². The third kappa shape index (κ3) is 16.7. The molecule has 0 unspecified atom stereocenters. The van der Waals surface area contributed by atoms with Crippen molar-refractivity contribution in [3.63, 3.8) is 0 Å². The zero-order chi connectivity index (χ0) is 16.5. The lowest BCUT2D eigenvalue weighted by molar-refractivity contribution is 0.517. The molecule has 0 rings (SSSR count). The average Bonchev–Trinajstić information content (AvgIpc) is 2.51. The lowest BCUT2D eigenvalue weighted by Crippen LogP contribution is -2.16. The first-order chi connectivity index (χ1) is 10.6. The van der Waals surface area contributed by atoms with Crippen LogP contribution in [0.15, 0.2) is 0 Å². The number of nitrogens with two attached hydrogens (primary N) is 1. The van der Waals surface area contributed by atoms with Gasteiger partial charge in [-0.05, 0) is 20.3 Å². The molecular formula is C20H43NS. The van der Waals surface area contributed by atoms with Crippen LogP contribution in [0.5, 0.6) is 0 Å². The van der Waals surface area contributed by atoms with Gasteiger partial charge in [0.25, 0.3) is 0 Å². The molecule has 0 saturated heterocycles. The summed E-state index contributed by atoms with van der Waals surface area (Å²) >= 11 is 1.51. The molecule has 0 aliphatic carbocycles. The second-order valence-corrected chi connectivity index (χ2v) is 8.92. The monoisotopic (exact) mass is 329 g/mol. The summed E-state index contributed by atoms with van der Waals surface area (Å²) in [4.78, 5) is 0. The van der Waals surface area contributed by atoms with Gasteiger partial charge in [0.1, 0.15) is 0 Å². The van der Waals surface area contributed by atoms with Crippen molar-refractivity contribution in [1.82, 2.24) is 0 Å². The van der Waals surface area contributed by atoms with E-state index in [0.29, 0.717) is 0 Å². The van der Waals surface area contributed by atoms with Gasteiger partial charge < -0.3 is 0 Å². The fourth-order valence-corrected chi connectivity index (χ4v) is 3.24. The van der Waals surface area contributed by atoms with Gasteiger partial charge in [-0.1, -0.05) is 115 Å². The summed E-state index contributed by atoms with van der Waals surface area (Å²) in [5, 5.41) is 5.68. The Morgan fingerprint density at radius 2 is 0.909 bits per heavy atom. The fourth-order valence-electron chi connectivity index (χ4n) is 2.98. The van der Waals surface area contributed by atoms with Gasteiger partial charge in [0.2, 0.25) is 0 Å². The zero-order valence-electron chi connectivity index (χ0n) is 15.8. The van der Waals surface area contributed by atoms with Crippen LogP contribution in [-0.2, 0) is 0 Å². The molecule has 22 heavy (non-hydrogen) atoms. The first kappa shape index (κ1) is 22.3. The number of unbranched alkanes of at least 4 members (excludes halogenated alkanes) is 14. The maximum atomic E-state index is 5.68. The highest BCUT2D eigenvalue weighted by Crippen LogP contribution is 2.25. The Hall–Kier alpha value is 0.310. The van der Waals surface area contributed by atoms with E-state index in [1.54, 1.807) is 0 Å². The van der Waals surface area contributed by atoms with E-state index in [2.05, 4.69) is 20.8 Å². The van der Waals surface area contributed by atoms with Crippen LogP contribution in [0, 0.1) is 0 Å². The molecule has 0 aliphatic heterocycles. The lowest BCUT2D eigenvalue weighted by Gasteiger charge is -2.20. The quantitative estimate of drug-likeness (QED) is 0.219. The molecule has 134 valence electrons. The molecule has 0 spiro atoms. The van der Waals surface area contributed by atoms with E-state index in [-0.39, 0.29) is 4.75 Å². The van der Waals surface area contributed by atoms with E-state index in [0.717, 1.165) is 0 Å². The Balaban J connectivity index is 3.06. The Morgan fingerprint density at radius 1 is 0.591 bits per heavy atom. The van der Waals surface area contributed by atoms with Gasteiger partial charge in [-0.25, -0.2) is 0 Å². The van der Waals surface area contributed by atoms with Crippen LogP contribution in [0.3, 0.4) is 0 Å². The standard InChI is InChI=1S/C20H43NS/c1-4-5-6-7-8-9-10-11-12-13-14-15-16-17-18-19-20(2,3)22-21/h4-19,21H2,1-3H3. The summed E-state index contributed by atoms with van der Waals surface area (Å²) in [5.74, 6) is 0. The van der Waals surface area contributed by atoms with Crippen molar-refractivity contribution in [3.8, 4) is 0 Å². The lowest BCUT2D eigenvalue weighted by atomic mass is 10.0. The van der Waals surface area contributed by atoms with Crippen molar-refractivity contribution in [3.05, 3.63) is 0 Å². The highest BCUT2D eigenvalue weighted by Gasteiger charge is 2.15. The topological polar surface area (TPSA) is 26.0 Å². The minimum Gasteiger partial charge on any atom is -0.277 e. The zero-order valence-corrected chi connectivity index (χ0v) is 16.6. The van der Waals surface area contributed by atoms with Crippen molar-refractivity contribution in [2.24, 2.45) is 5.14 Å². The van der Waals surface area contributed by atoms with Crippen LogP contribution < -0.4 is 5.14 Å². The highest BCUT2D eigenvalue weighted by atomic mass is 32.2. The van der Waals surface area contributed by atoms with E-state index in [1.165, 1.54) is 115 Å². The van der Waals surface area contributed by atoms with E-state index < -0.39 is 0 Å². The molecule has 0 amide bonds. The van der Waals surface area contributed by atoms with Gasteiger partial charge in [0.15, 0.2) is 0 Å². The average molecular weight is 330 g/mol. The van der Waals surface area contributed by atoms with Crippen LogP contribution in [-0.4, -0.2) is 4.75 Å². The number of rotatable bonds is 17. The molecule has 0 aromatic heterocycles. The van der Waals surface area contributed by atoms with Crippen LogP contribution in [0.25, 0.3) is 0 Å². The van der Waals surface area contributed by atoms with E-state index >= 15 is 0 Å². The molecule has 0 bridgehead atoms. The molecule has 0 radical (unpaired) electrons. The summed E-state index contributed by atoms with van der Waals surface area (Å²) in [6.07, 6.45) is 22.8. The number of hydrogen-bond acceptors (Lipinski definition) is 2. The molecule has 0 atom stereocenters. The molecule has 0 fully saturated rings. The molecule has 0 saturated carbocycles. The predicted molar refractivity (Wildman–Crippen MR) is 105 cm³/mol. The SMILES string of the molecule is CCCCCCCCCCCCCCCCCC(C)(C)SN. The van der Waals surface area contributed by atoms with Crippen molar-refractivity contribution >= 4 is 11.9 Å². The summed E-state index contributed by atoms with van der Waals surface area (Å²) in [7, 11) is 0. The molecule has 1 nitrogen and oxygen atoms in total. The molecule has 0 heterocycles. The van der Waals surface area contributed by atoms with Gasteiger partial charge in [-0.3, -0.25) is 5.14 Å². The Bertz CT molecular complexity index is 216. The third-order valence-electron chi connectivity index (χ3n) is 4.70. The van der Waals surface area contributed by atoms with Crippen LogP contribution in [0.2, 0.25) is 0 Å². The van der Waals surface area contributed by atoms with Gasteiger partial charge in [-0.2, -0.15) is 0 Å². The molecule has 0 aromatic rings. The molecular weight excluding hydrogens is 286 g/mol. The van der Waals surface area contributed by atoms with Gasteiger partial charge in [0, 0.05) is 4.75 Å².